The number of benzene rings is 1. The van der Waals surface area contributed by atoms with Crippen molar-refractivity contribution in [3.63, 3.8) is 0 Å². The molecule has 1 saturated carbocycles. The van der Waals surface area contributed by atoms with Crippen molar-refractivity contribution >= 4 is 24.2 Å². The van der Waals surface area contributed by atoms with Crippen molar-refractivity contribution in [2.75, 3.05) is 6.61 Å². The molecule has 0 saturated heterocycles. The molecule has 0 spiro atoms. The number of hydrogen-bond donors (Lipinski definition) is 1. The lowest BCUT2D eigenvalue weighted by molar-refractivity contribution is 0.132. The first kappa shape index (κ1) is 24.4. The summed E-state index contributed by atoms with van der Waals surface area (Å²) in [6.07, 6.45) is 4.17. The third-order valence-electron chi connectivity index (χ3n) is 6.21. The van der Waals surface area contributed by atoms with E-state index in [9.17, 15) is 5.11 Å². The number of aliphatic hydroxyl groups excluding tert-OH is 1. The predicted octanol–water partition coefficient (Wildman–Crippen LogP) is 6.83. The van der Waals surface area contributed by atoms with Crippen molar-refractivity contribution in [2.24, 2.45) is 5.92 Å². The van der Waals surface area contributed by atoms with Crippen molar-refractivity contribution in [3.05, 3.63) is 52.5 Å². The van der Waals surface area contributed by atoms with Crippen LogP contribution in [0.25, 0.3) is 0 Å². The van der Waals surface area contributed by atoms with Crippen LogP contribution in [0.1, 0.15) is 52.5 Å². The van der Waals surface area contributed by atoms with Crippen LogP contribution >= 0.6 is 15.9 Å². The molecule has 0 amide bonds. The van der Waals surface area contributed by atoms with Gasteiger partial charge in [0.15, 0.2) is 8.32 Å². The second-order valence-corrected chi connectivity index (χ2v) is 15.4. The summed E-state index contributed by atoms with van der Waals surface area (Å²) in [4.78, 5) is 0. The first-order valence-electron chi connectivity index (χ1n) is 10.4. The molecule has 5 heteroatoms. The lowest BCUT2D eigenvalue weighted by atomic mass is 9.85. The minimum atomic E-state index is -1.96. The molecule has 0 heterocycles. The van der Waals surface area contributed by atoms with E-state index in [2.05, 4.69) is 82.4 Å². The van der Waals surface area contributed by atoms with E-state index >= 15 is 0 Å². The van der Waals surface area contributed by atoms with Gasteiger partial charge in [0, 0.05) is 17.4 Å². The Morgan fingerprint density at radius 2 is 1.97 bits per heavy atom. The van der Waals surface area contributed by atoms with Gasteiger partial charge in [0.2, 0.25) is 0 Å². The molecule has 1 aliphatic carbocycles. The third-order valence-corrected chi connectivity index (χ3v) is 11.3. The minimum absolute atomic E-state index is 0.00275. The normalized spacial score (nSPS) is 25.0. The van der Waals surface area contributed by atoms with Crippen LogP contribution < -0.4 is 4.74 Å². The molecular weight excluding hydrogens is 444 g/mol. The molecule has 3 nitrogen and oxygen atoms in total. The first-order valence-corrected chi connectivity index (χ1v) is 14.1. The van der Waals surface area contributed by atoms with Gasteiger partial charge in [-0.2, -0.15) is 0 Å². The van der Waals surface area contributed by atoms with Crippen molar-refractivity contribution < 1.29 is 14.3 Å². The van der Waals surface area contributed by atoms with Gasteiger partial charge >= 0.3 is 0 Å². The summed E-state index contributed by atoms with van der Waals surface area (Å²) in [6.45, 7) is 19.7. The van der Waals surface area contributed by atoms with E-state index in [1.165, 1.54) is 5.57 Å². The molecule has 4 atom stereocenters. The predicted molar refractivity (Wildman–Crippen MR) is 128 cm³/mol. The fourth-order valence-electron chi connectivity index (χ4n) is 3.80. The molecule has 1 N–H and O–H groups in total. The smallest absolute Gasteiger partial charge is 0.192 e. The molecule has 2 unspecified atom stereocenters. The zero-order valence-corrected chi connectivity index (χ0v) is 21.5. The van der Waals surface area contributed by atoms with Crippen molar-refractivity contribution in [1.82, 2.24) is 0 Å². The average molecular weight is 482 g/mol. The van der Waals surface area contributed by atoms with Gasteiger partial charge in [-0.25, -0.2) is 0 Å². The van der Waals surface area contributed by atoms with Crippen LogP contribution in [0.3, 0.4) is 0 Å². The molecule has 1 aliphatic rings. The highest BCUT2D eigenvalue weighted by atomic mass is 79.9. The molecule has 162 valence electrons. The SMILES string of the molecule is C=CCOc1c(Br)cccc1C1[C@@H](C=C(C)C)C(O[Si](C)(C)C(C)(C)C)C[C@H]1O. The van der Waals surface area contributed by atoms with Crippen molar-refractivity contribution in [1.29, 1.82) is 0 Å². The van der Waals surface area contributed by atoms with Crippen LogP contribution in [0.2, 0.25) is 18.1 Å². The summed E-state index contributed by atoms with van der Waals surface area (Å²) >= 11 is 3.62. The van der Waals surface area contributed by atoms with Gasteiger partial charge in [0.25, 0.3) is 0 Å². The van der Waals surface area contributed by atoms with E-state index in [0.29, 0.717) is 13.0 Å². The van der Waals surface area contributed by atoms with E-state index in [0.717, 1.165) is 15.8 Å². The number of allylic oxidation sites excluding steroid dienone is 1. The summed E-state index contributed by atoms with van der Waals surface area (Å²) in [5.41, 5.74) is 2.26. The highest BCUT2D eigenvalue weighted by molar-refractivity contribution is 9.10. The Labute approximate surface area is 186 Å². The van der Waals surface area contributed by atoms with Crippen LogP contribution in [0.4, 0.5) is 0 Å². The Morgan fingerprint density at radius 1 is 1.31 bits per heavy atom. The zero-order chi connectivity index (χ0) is 22.0. The number of rotatable bonds is 7. The molecule has 1 aromatic rings. The van der Waals surface area contributed by atoms with Gasteiger partial charge in [0.1, 0.15) is 12.4 Å². The van der Waals surface area contributed by atoms with Crippen molar-refractivity contribution in [2.45, 2.75) is 77.3 Å². The molecule has 0 radical (unpaired) electrons. The molecular formula is C24H37BrO3Si. The van der Waals surface area contributed by atoms with Gasteiger partial charge in [0.05, 0.1) is 16.7 Å². The van der Waals surface area contributed by atoms with Crippen LogP contribution in [0.5, 0.6) is 5.75 Å². The number of ether oxygens (including phenoxy) is 1. The maximum Gasteiger partial charge on any atom is 0.192 e. The second-order valence-electron chi connectivity index (χ2n) is 9.82. The molecule has 2 rings (SSSR count). The van der Waals surface area contributed by atoms with Gasteiger partial charge in [-0.3, -0.25) is 0 Å². The third kappa shape index (κ3) is 5.63. The zero-order valence-electron chi connectivity index (χ0n) is 19.0. The minimum Gasteiger partial charge on any atom is -0.488 e. The number of aliphatic hydroxyl groups is 1. The first-order chi connectivity index (χ1) is 13.4. The second kappa shape index (κ2) is 9.50. The highest BCUT2D eigenvalue weighted by Gasteiger charge is 2.48. The number of para-hydroxylation sites is 1. The number of hydrogen-bond acceptors (Lipinski definition) is 3. The molecule has 1 aromatic carbocycles. The van der Waals surface area contributed by atoms with E-state index < -0.39 is 14.4 Å². The molecule has 0 aromatic heterocycles. The Morgan fingerprint density at radius 3 is 2.52 bits per heavy atom. The van der Waals surface area contributed by atoms with Crippen LogP contribution in [0.15, 0.2) is 47.0 Å². The molecule has 1 fully saturated rings. The highest BCUT2D eigenvalue weighted by Crippen LogP contribution is 2.49. The Hall–Kier alpha value is -0.883. The van der Waals surface area contributed by atoms with Crippen LogP contribution in [-0.4, -0.2) is 32.2 Å². The van der Waals surface area contributed by atoms with Gasteiger partial charge < -0.3 is 14.3 Å². The standard InChI is InChI=1S/C24H37BrO3Si/c1-9-13-27-23-17(11-10-12-19(23)25)22-18(14-16(2)3)21(15-20(22)26)28-29(7,8)24(4,5)6/h9-12,14,18,20-22,26H,1,13,15H2,2-8H3/t18-,20+,21?,22?/m0/s1. The van der Waals surface area contributed by atoms with Gasteiger partial charge in [-0.1, -0.05) is 57.2 Å². The Balaban J connectivity index is 2.48. The summed E-state index contributed by atoms with van der Waals surface area (Å²) in [6, 6.07) is 6.05. The monoisotopic (exact) mass is 480 g/mol. The van der Waals surface area contributed by atoms with Gasteiger partial charge in [-0.05, 0) is 60.4 Å². The lowest BCUT2D eigenvalue weighted by Gasteiger charge is -2.40. The van der Waals surface area contributed by atoms with Crippen LogP contribution in [0, 0.1) is 5.92 Å². The van der Waals surface area contributed by atoms with Crippen LogP contribution in [-0.2, 0) is 4.43 Å². The topological polar surface area (TPSA) is 38.7 Å². The molecule has 0 bridgehead atoms. The maximum atomic E-state index is 11.2. The molecule has 0 aliphatic heterocycles. The summed E-state index contributed by atoms with van der Waals surface area (Å²) < 4.78 is 13.7. The van der Waals surface area contributed by atoms with E-state index in [1.807, 2.05) is 12.1 Å². The fourth-order valence-corrected chi connectivity index (χ4v) is 5.66. The summed E-state index contributed by atoms with van der Waals surface area (Å²) in [5.74, 6) is 0.818. The fraction of sp³-hybridized carbons (Fsp3) is 0.583. The quantitative estimate of drug-likeness (QED) is 0.343. The van der Waals surface area contributed by atoms with E-state index in [4.69, 9.17) is 9.16 Å². The lowest BCUT2D eigenvalue weighted by Crippen LogP contribution is -2.45. The average Bonchev–Trinajstić information content (AvgIpc) is 2.86. The Bertz CT molecular complexity index is 747. The largest absolute Gasteiger partial charge is 0.488 e. The summed E-state index contributed by atoms with van der Waals surface area (Å²) in [5, 5.41) is 11.3. The Kier molecular flexibility index (Phi) is 7.99. The summed E-state index contributed by atoms with van der Waals surface area (Å²) in [7, 11) is -1.96. The maximum absolute atomic E-state index is 11.2. The number of halogens is 1. The molecule has 29 heavy (non-hydrogen) atoms. The van der Waals surface area contributed by atoms with E-state index in [1.54, 1.807) is 6.08 Å². The van der Waals surface area contributed by atoms with E-state index in [-0.39, 0.29) is 23.0 Å². The van der Waals surface area contributed by atoms with Gasteiger partial charge in [-0.15, -0.1) is 0 Å². The van der Waals surface area contributed by atoms with Crippen molar-refractivity contribution in [3.8, 4) is 5.75 Å².